The molecule has 0 saturated carbocycles. The van der Waals surface area contributed by atoms with Crippen molar-refractivity contribution in [1.82, 2.24) is 10.1 Å². The van der Waals surface area contributed by atoms with Crippen molar-refractivity contribution in [3.8, 4) is 0 Å². The standard InChI is InChI=1S/C8H10N3S2/c1-5-4-6(2)11-7(9-5)13-8(10-11)12-3/h4H,1-3H3/q+1. The van der Waals surface area contributed by atoms with Gasteiger partial charge >= 0.3 is 4.96 Å². The molecule has 68 valence electrons. The molecular formula is C8H10N3S2+. The zero-order valence-corrected chi connectivity index (χ0v) is 9.37. The van der Waals surface area contributed by atoms with Crippen molar-refractivity contribution >= 4 is 28.1 Å². The molecular weight excluding hydrogens is 202 g/mol. The summed E-state index contributed by atoms with van der Waals surface area (Å²) in [5.41, 5.74) is 2.19. The maximum absolute atomic E-state index is 4.41. The third-order valence-corrected chi connectivity index (χ3v) is 3.62. The zero-order valence-electron chi connectivity index (χ0n) is 7.74. The molecule has 2 rings (SSSR count). The number of hydrogen-bond donors (Lipinski definition) is 0. The van der Waals surface area contributed by atoms with Crippen LogP contribution in [-0.2, 0) is 0 Å². The molecule has 2 aromatic heterocycles. The van der Waals surface area contributed by atoms with Gasteiger partial charge in [0.2, 0.25) is 4.34 Å². The third kappa shape index (κ3) is 1.53. The van der Waals surface area contributed by atoms with Crippen molar-refractivity contribution < 1.29 is 4.52 Å². The van der Waals surface area contributed by atoms with Crippen LogP contribution in [0.5, 0.6) is 0 Å². The lowest BCUT2D eigenvalue weighted by atomic mass is 10.4. The monoisotopic (exact) mass is 212 g/mol. The highest BCUT2D eigenvalue weighted by Gasteiger charge is 2.15. The maximum atomic E-state index is 4.41. The van der Waals surface area contributed by atoms with E-state index >= 15 is 0 Å². The summed E-state index contributed by atoms with van der Waals surface area (Å²) in [6.07, 6.45) is 2.03. The molecule has 0 aliphatic carbocycles. The molecule has 13 heavy (non-hydrogen) atoms. The molecule has 0 spiro atoms. The molecule has 3 nitrogen and oxygen atoms in total. The normalized spacial score (nSPS) is 11.0. The first kappa shape index (κ1) is 8.90. The second kappa shape index (κ2) is 3.23. The number of aryl methyl sites for hydroxylation is 2. The van der Waals surface area contributed by atoms with Gasteiger partial charge in [-0.1, -0.05) is 21.4 Å². The van der Waals surface area contributed by atoms with Gasteiger partial charge in [0.25, 0.3) is 0 Å². The Labute approximate surface area is 84.8 Å². The SMILES string of the molecule is CSc1n[n+]2c(C)cc(C)nc2s1. The average Bonchev–Trinajstić information content (AvgIpc) is 2.47. The first-order chi connectivity index (χ1) is 6.20. The number of nitrogens with zero attached hydrogens (tertiary/aromatic N) is 3. The molecule has 2 aromatic rings. The van der Waals surface area contributed by atoms with Gasteiger partial charge in [-0.3, -0.25) is 0 Å². The van der Waals surface area contributed by atoms with Gasteiger partial charge in [-0.05, 0) is 22.6 Å². The van der Waals surface area contributed by atoms with Crippen molar-refractivity contribution in [1.29, 1.82) is 0 Å². The lowest BCUT2D eigenvalue weighted by Crippen LogP contribution is -2.28. The van der Waals surface area contributed by atoms with Crippen LogP contribution in [0.25, 0.3) is 4.96 Å². The van der Waals surface area contributed by atoms with E-state index < -0.39 is 0 Å². The summed E-state index contributed by atoms with van der Waals surface area (Å²) >= 11 is 3.28. The van der Waals surface area contributed by atoms with E-state index in [0.717, 1.165) is 20.7 Å². The van der Waals surface area contributed by atoms with Crippen molar-refractivity contribution in [3.63, 3.8) is 0 Å². The Hall–Kier alpha value is -0.680. The van der Waals surface area contributed by atoms with Crippen molar-refractivity contribution in [2.24, 2.45) is 0 Å². The van der Waals surface area contributed by atoms with Crippen LogP contribution in [0.1, 0.15) is 11.4 Å². The lowest BCUT2D eigenvalue weighted by Gasteiger charge is -1.86. The Balaban J connectivity index is 2.75. The lowest BCUT2D eigenvalue weighted by molar-refractivity contribution is -0.588. The first-order valence-corrected chi connectivity index (χ1v) is 5.96. The Morgan fingerprint density at radius 1 is 1.46 bits per heavy atom. The molecule has 0 fully saturated rings. The Morgan fingerprint density at radius 3 is 2.92 bits per heavy atom. The van der Waals surface area contributed by atoms with Crippen LogP contribution in [0.3, 0.4) is 0 Å². The second-order valence-corrected chi connectivity index (χ2v) is 4.81. The highest BCUT2D eigenvalue weighted by molar-refractivity contribution is 8.00. The molecule has 0 aromatic carbocycles. The number of hydrogen-bond acceptors (Lipinski definition) is 4. The fourth-order valence-corrected chi connectivity index (χ4v) is 2.65. The molecule has 0 atom stereocenters. The van der Waals surface area contributed by atoms with Gasteiger partial charge in [-0.15, -0.1) is 0 Å². The number of rotatable bonds is 1. The van der Waals surface area contributed by atoms with E-state index in [-0.39, 0.29) is 0 Å². The van der Waals surface area contributed by atoms with Crippen LogP contribution in [0.15, 0.2) is 10.4 Å². The zero-order chi connectivity index (χ0) is 9.42. The van der Waals surface area contributed by atoms with E-state index in [0.29, 0.717) is 0 Å². The van der Waals surface area contributed by atoms with E-state index in [1.807, 2.05) is 30.7 Å². The van der Waals surface area contributed by atoms with E-state index in [2.05, 4.69) is 10.1 Å². The molecule has 0 amide bonds. The number of aromatic nitrogens is 3. The quantitative estimate of drug-likeness (QED) is 0.531. The summed E-state index contributed by atoms with van der Waals surface area (Å²) in [7, 11) is 0. The third-order valence-electron chi connectivity index (χ3n) is 1.74. The van der Waals surface area contributed by atoms with Gasteiger partial charge in [0, 0.05) is 19.9 Å². The fourth-order valence-electron chi connectivity index (χ4n) is 1.20. The second-order valence-electron chi connectivity index (χ2n) is 2.81. The molecule has 0 N–H and O–H groups in total. The minimum Gasteiger partial charge on any atom is -0.0948 e. The summed E-state index contributed by atoms with van der Waals surface area (Å²) in [6, 6.07) is 2.04. The fraction of sp³-hybridized carbons (Fsp3) is 0.375. The van der Waals surface area contributed by atoms with Crippen LogP contribution in [-0.4, -0.2) is 16.3 Å². The molecule has 0 aliphatic rings. The van der Waals surface area contributed by atoms with Crippen LogP contribution in [0, 0.1) is 13.8 Å². The molecule has 0 aliphatic heterocycles. The average molecular weight is 212 g/mol. The molecule has 0 radical (unpaired) electrons. The predicted molar refractivity (Wildman–Crippen MR) is 54.3 cm³/mol. The smallest absolute Gasteiger partial charge is 0.0948 e. The largest absolute Gasteiger partial charge is 0.410 e. The van der Waals surface area contributed by atoms with Crippen LogP contribution in [0.2, 0.25) is 0 Å². The van der Waals surface area contributed by atoms with E-state index in [1.165, 1.54) is 0 Å². The Morgan fingerprint density at radius 2 is 2.23 bits per heavy atom. The molecule has 5 heteroatoms. The van der Waals surface area contributed by atoms with E-state index in [4.69, 9.17) is 0 Å². The summed E-state index contributed by atoms with van der Waals surface area (Å²) in [5.74, 6) is 0. The van der Waals surface area contributed by atoms with Crippen LogP contribution >= 0.6 is 23.1 Å². The molecule has 0 saturated heterocycles. The van der Waals surface area contributed by atoms with Gasteiger partial charge < -0.3 is 0 Å². The molecule has 2 heterocycles. The van der Waals surface area contributed by atoms with Crippen LogP contribution < -0.4 is 4.52 Å². The predicted octanol–water partition coefficient (Wildman–Crippen LogP) is 1.62. The Kier molecular flexibility index (Phi) is 2.21. The molecule has 0 unspecified atom stereocenters. The van der Waals surface area contributed by atoms with Gasteiger partial charge in [-0.25, -0.2) is 0 Å². The summed E-state index contributed by atoms with van der Waals surface area (Å²) in [5, 5.41) is 4.41. The van der Waals surface area contributed by atoms with Crippen molar-refractivity contribution in [3.05, 3.63) is 17.5 Å². The molecule has 0 bridgehead atoms. The topological polar surface area (TPSA) is 29.9 Å². The summed E-state index contributed by atoms with van der Waals surface area (Å²) in [4.78, 5) is 5.38. The Bertz CT molecular complexity index is 450. The van der Waals surface area contributed by atoms with Gasteiger partial charge in [-0.2, -0.15) is 0 Å². The van der Waals surface area contributed by atoms with Gasteiger partial charge in [0.15, 0.2) is 5.69 Å². The van der Waals surface area contributed by atoms with Crippen molar-refractivity contribution in [2.75, 3.05) is 6.26 Å². The maximum Gasteiger partial charge on any atom is 0.410 e. The van der Waals surface area contributed by atoms with Gasteiger partial charge in [0.05, 0.1) is 0 Å². The highest BCUT2D eigenvalue weighted by atomic mass is 32.2. The summed E-state index contributed by atoms with van der Waals surface area (Å²) in [6.45, 7) is 4.05. The van der Waals surface area contributed by atoms with Crippen LogP contribution in [0.4, 0.5) is 0 Å². The highest BCUT2D eigenvalue weighted by Crippen LogP contribution is 2.18. The minimum atomic E-state index is 0.974. The van der Waals surface area contributed by atoms with Crippen molar-refractivity contribution in [2.45, 2.75) is 18.2 Å². The van der Waals surface area contributed by atoms with E-state index in [9.17, 15) is 0 Å². The van der Waals surface area contributed by atoms with Gasteiger partial charge in [0.1, 0.15) is 5.69 Å². The minimum absolute atomic E-state index is 0.974. The number of thioether (sulfide) groups is 1. The summed E-state index contributed by atoms with van der Waals surface area (Å²) < 4.78 is 2.95. The van der Waals surface area contributed by atoms with E-state index in [1.54, 1.807) is 23.1 Å². The first-order valence-electron chi connectivity index (χ1n) is 3.92. The number of fused-ring (bicyclic) bond motifs is 1.